The Bertz CT molecular complexity index is 265. The topological polar surface area (TPSA) is 34.1 Å². The van der Waals surface area contributed by atoms with Crippen molar-refractivity contribution in [2.75, 3.05) is 13.2 Å². The van der Waals surface area contributed by atoms with E-state index in [1.165, 1.54) is 11.3 Å². The lowest BCUT2D eigenvalue weighted by Gasteiger charge is -2.07. The van der Waals surface area contributed by atoms with Gasteiger partial charge in [-0.2, -0.15) is 4.98 Å². The smallest absolute Gasteiger partial charge is 0.274 e. The molecule has 80 valence electrons. The third kappa shape index (κ3) is 4.79. The van der Waals surface area contributed by atoms with Crippen LogP contribution in [-0.2, 0) is 0 Å². The molecule has 0 atom stereocenters. The standard InChI is InChI=1S/C9H15ClN2OS/c1-7(2)11-4-3-5-13-9-12-8(10)6-14-9/h6-7,11H,3-5H2,1-2H3. The van der Waals surface area contributed by atoms with E-state index in [9.17, 15) is 0 Å². The highest BCUT2D eigenvalue weighted by Crippen LogP contribution is 2.20. The zero-order valence-electron chi connectivity index (χ0n) is 8.42. The van der Waals surface area contributed by atoms with Crippen LogP contribution in [0.1, 0.15) is 20.3 Å². The number of ether oxygens (including phenoxy) is 1. The monoisotopic (exact) mass is 234 g/mol. The van der Waals surface area contributed by atoms with Gasteiger partial charge in [0.1, 0.15) is 5.15 Å². The molecule has 0 aliphatic carbocycles. The first-order valence-electron chi connectivity index (χ1n) is 4.65. The molecule has 0 spiro atoms. The van der Waals surface area contributed by atoms with Crippen LogP contribution in [0.3, 0.4) is 0 Å². The lowest BCUT2D eigenvalue weighted by molar-refractivity contribution is 0.305. The minimum absolute atomic E-state index is 0.505. The van der Waals surface area contributed by atoms with Gasteiger partial charge in [-0.3, -0.25) is 0 Å². The molecule has 0 saturated carbocycles. The maximum absolute atomic E-state index is 5.65. The molecule has 0 radical (unpaired) electrons. The van der Waals surface area contributed by atoms with E-state index in [-0.39, 0.29) is 0 Å². The Labute approximate surface area is 93.4 Å². The van der Waals surface area contributed by atoms with Gasteiger partial charge >= 0.3 is 0 Å². The third-order valence-electron chi connectivity index (χ3n) is 1.55. The highest BCUT2D eigenvalue weighted by atomic mass is 35.5. The Morgan fingerprint density at radius 3 is 3.00 bits per heavy atom. The second-order valence-corrected chi connectivity index (χ2v) is 4.45. The van der Waals surface area contributed by atoms with Gasteiger partial charge < -0.3 is 10.1 Å². The summed E-state index contributed by atoms with van der Waals surface area (Å²) >= 11 is 7.08. The van der Waals surface area contributed by atoms with Gasteiger partial charge in [-0.15, -0.1) is 0 Å². The van der Waals surface area contributed by atoms with Crippen molar-refractivity contribution in [1.29, 1.82) is 0 Å². The normalized spacial score (nSPS) is 10.9. The van der Waals surface area contributed by atoms with Gasteiger partial charge in [0.15, 0.2) is 0 Å². The summed E-state index contributed by atoms with van der Waals surface area (Å²) in [6.45, 7) is 5.91. The number of thiazole rings is 1. The molecule has 0 aromatic carbocycles. The van der Waals surface area contributed by atoms with E-state index in [0.29, 0.717) is 23.0 Å². The van der Waals surface area contributed by atoms with Gasteiger partial charge in [0.05, 0.1) is 6.61 Å². The lowest BCUT2D eigenvalue weighted by Crippen LogP contribution is -2.24. The van der Waals surface area contributed by atoms with Crippen molar-refractivity contribution in [3.8, 4) is 5.19 Å². The van der Waals surface area contributed by atoms with Crippen molar-refractivity contribution in [3.63, 3.8) is 0 Å². The van der Waals surface area contributed by atoms with Crippen LogP contribution in [0.2, 0.25) is 5.15 Å². The molecule has 1 aromatic heterocycles. The highest BCUT2D eigenvalue weighted by Gasteiger charge is 1.99. The van der Waals surface area contributed by atoms with Gasteiger partial charge in [-0.25, -0.2) is 0 Å². The summed E-state index contributed by atoms with van der Waals surface area (Å²) in [5.74, 6) is 0. The predicted molar refractivity (Wildman–Crippen MR) is 60.4 cm³/mol. The number of rotatable bonds is 6. The largest absolute Gasteiger partial charge is 0.470 e. The lowest BCUT2D eigenvalue weighted by atomic mass is 10.3. The number of halogens is 1. The van der Waals surface area contributed by atoms with E-state index in [1.807, 2.05) is 0 Å². The van der Waals surface area contributed by atoms with Crippen molar-refractivity contribution in [1.82, 2.24) is 10.3 Å². The van der Waals surface area contributed by atoms with Crippen molar-refractivity contribution in [3.05, 3.63) is 10.5 Å². The van der Waals surface area contributed by atoms with Crippen LogP contribution in [0.15, 0.2) is 5.38 Å². The fourth-order valence-corrected chi connectivity index (χ4v) is 1.74. The van der Waals surface area contributed by atoms with Crippen molar-refractivity contribution in [2.24, 2.45) is 0 Å². The van der Waals surface area contributed by atoms with E-state index < -0.39 is 0 Å². The van der Waals surface area contributed by atoms with Crippen LogP contribution >= 0.6 is 22.9 Å². The number of nitrogens with zero attached hydrogens (tertiary/aromatic N) is 1. The number of hydrogen-bond donors (Lipinski definition) is 1. The number of nitrogens with one attached hydrogen (secondary N) is 1. The minimum atomic E-state index is 0.505. The van der Waals surface area contributed by atoms with E-state index in [2.05, 4.69) is 24.1 Å². The molecule has 0 aliphatic rings. The molecular formula is C9H15ClN2OS. The SMILES string of the molecule is CC(C)NCCCOc1nc(Cl)cs1. The van der Waals surface area contributed by atoms with Crippen LogP contribution in [0, 0.1) is 0 Å². The molecule has 14 heavy (non-hydrogen) atoms. The van der Waals surface area contributed by atoms with Crippen LogP contribution in [0.25, 0.3) is 0 Å². The van der Waals surface area contributed by atoms with Crippen molar-refractivity contribution in [2.45, 2.75) is 26.3 Å². The average molecular weight is 235 g/mol. The molecular weight excluding hydrogens is 220 g/mol. The van der Waals surface area contributed by atoms with Gasteiger partial charge in [-0.05, 0) is 13.0 Å². The third-order valence-corrected chi connectivity index (χ3v) is 2.63. The molecule has 1 heterocycles. The quantitative estimate of drug-likeness (QED) is 0.769. The molecule has 5 heteroatoms. The van der Waals surface area contributed by atoms with E-state index in [4.69, 9.17) is 16.3 Å². The van der Waals surface area contributed by atoms with Crippen LogP contribution in [-0.4, -0.2) is 24.2 Å². The molecule has 1 N–H and O–H groups in total. The Balaban J connectivity index is 2.04. The summed E-state index contributed by atoms with van der Waals surface area (Å²) in [6, 6.07) is 0.532. The molecule has 3 nitrogen and oxygen atoms in total. The Morgan fingerprint density at radius 2 is 2.43 bits per heavy atom. The zero-order valence-corrected chi connectivity index (χ0v) is 9.99. The van der Waals surface area contributed by atoms with Gasteiger partial charge in [0.25, 0.3) is 5.19 Å². The molecule has 1 aromatic rings. The van der Waals surface area contributed by atoms with Crippen LogP contribution < -0.4 is 10.1 Å². The zero-order chi connectivity index (χ0) is 10.4. The first kappa shape index (κ1) is 11.8. The Kier molecular flexibility index (Phi) is 5.22. The second-order valence-electron chi connectivity index (χ2n) is 3.25. The second kappa shape index (κ2) is 6.22. The Hall–Kier alpha value is -0.320. The van der Waals surface area contributed by atoms with Crippen molar-refractivity contribution < 1.29 is 4.74 Å². The maximum atomic E-state index is 5.65. The summed E-state index contributed by atoms with van der Waals surface area (Å²) in [6.07, 6.45) is 0.982. The number of aromatic nitrogens is 1. The van der Waals surface area contributed by atoms with E-state index in [1.54, 1.807) is 5.38 Å². The van der Waals surface area contributed by atoms with Crippen LogP contribution in [0.5, 0.6) is 5.19 Å². The molecule has 0 aliphatic heterocycles. The van der Waals surface area contributed by atoms with Crippen molar-refractivity contribution >= 4 is 22.9 Å². The molecule has 0 amide bonds. The summed E-state index contributed by atoms with van der Waals surface area (Å²) in [5, 5.41) is 6.24. The average Bonchev–Trinajstić information content (AvgIpc) is 2.50. The Morgan fingerprint density at radius 1 is 1.64 bits per heavy atom. The molecule has 0 saturated heterocycles. The fourth-order valence-electron chi connectivity index (χ4n) is 0.928. The predicted octanol–water partition coefficient (Wildman–Crippen LogP) is 2.56. The molecule has 0 fully saturated rings. The van der Waals surface area contributed by atoms with Gasteiger partial charge in [-0.1, -0.05) is 36.8 Å². The minimum Gasteiger partial charge on any atom is -0.470 e. The first-order valence-corrected chi connectivity index (χ1v) is 5.91. The summed E-state index contributed by atoms with van der Waals surface area (Å²) < 4.78 is 5.39. The molecule has 0 unspecified atom stereocenters. The van der Waals surface area contributed by atoms with E-state index >= 15 is 0 Å². The van der Waals surface area contributed by atoms with Crippen LogP contribution in [0.4, 0.5) is 0 Å². The highest BCUT2D eigenvalue weighted by molar-refractivity contribution is 7.11. The maximum Gasteiger partial charge on any atom is 0.274 e. The summed E-state index contributed by atoms with van der Waals surface area (Å²) in [4.78, 5) is 3.98. The van der Waals surface area contributed by atoms with Gasteiger partial charge in [0.2, 0.25) is 0 Å². The summed E-state index contributed by atoms with van der Waals surface area (Å²) in [5.41, 5.74) is 0. The summed E-state index contributed by atoms with van der Waals surface area (Å²) in [7, 11) is 0. The first-order chi connectivity index (χ1) is 6.68. The molecule has 1 rings (SSSR count). The molecule has 0 bridgehead atoms. The van der Waals surface area contributed by atoms with E-state index in [0.717, 1.165) is 13.0 Å². The fraction of sp³-hybridized carbons (Fsp3) is 0.667. The van der Waals surface area contributed by atoms with Gasteiger partial charge in [0, 0.05) is 11.4 Å². The number of hydrogen-bond acceptors (Lipinski definition) is 4.